The van der Waals surface area contributed by atoms with Crippen molar-refractivity contribution in [2.24, 2.45) is 0 Å². The molecule has 1 atom stereocenters. The molecule has 0 bridgehead atoms. The Morgan fingerprint density at radius 2 is 1.70 bits per heavy atom. The van der Waals surface area contributed by atoms with Crippen LogP contribution in [-0.2, 0) is 9.59 Å². The van der Waals surface area contributed by atoms with E-state index in [1.807, 2.05) is 60.4 Å². The topological polar surface area (TPSA) is 139 Å². The highest BCUT2D eigenvalue weighted by Gasteiger charge is 2.34. The van der Waals surface area contributed by atoms with Gasteiger partial charge in [-0.2, -0.15) is 15.0 Å². The Labute approximate surface area is 241 Å². The van der Waals surface area contributed by atoms with Crippen molar-refractivity contribution in [2.75, 3.05) is 64.4 Å². The highest BCUT2D eigenvalue weighted by molar-refractivity contribution is 7.99. The van der Waals surface area contributed by atoms with E-state index in [1.165, 1.54) is 5.48 Å². The number of carbonyl (C=O) groups excluding carboxylic acids is 2. The molecule has 0 aliphatic carbocycles. The van der Waals surface area contributed by atoms with Crippen molar-refractivity contribution in [3.8, 4) is 0 Å². The van der Waals surface area contributed by atoms with Gasteiger partial charge in [0.05, 0.1) is 23.1 Å². The molecule has 4 N–H and O–H groups in total. The lowest BCUT2D eigenvalue weighted by Crippen LogP contribution is -2.49. The molecule has 0 unspecified atom stereocenters. The maximum Gasteiger partial charge on any atom is 0.262 e. The second-order valence-corrected chi connectivity index (χ2v) is 10.8. The zero-order valence-corrected chi connectivity index (χ0v) is 23.5. The number of aryl methyl sites for hydroxylation is 1. The van der Waals surface area contributed by atoms with Gasteiger partial charge >= 0.3 is 0 Å². The molecule has 2 amide bonds. The van der Waals surface area contributed by atoms with Crippen LogP contribution in [-0.4, -0.2) is 82.4 Å². The summed E-state index contributed by atoms with van der Waals surface area (Å²) in [7, 11) is 0. The number of amides is 2. The number of rotatable bonds is 8. The van der Waals surface area contributed by atoms with Gasteiger partial charge in [0.2, 0.25) is 23.8 Å². The molecule has 12 nitrogen and oxygen atoms in total. The van der Waals surface area contributed by atoms with E-state index in [4.69, 9.17) is 31.8 Å². The van der Waals surface area contributed by atoms with Gasteiger partial charge in [-0.15, -0.1) is 11.8 Å². The maximum absolute atomic E-state index is 12.9. The van der Waals surface area contributed by atoms with Gasteiger partial charge in [0, 0.05) is 37.6 Å². The monoisotopic (exact) mass is 583 g/mol. The first-order valence-electron chi connectivity index (χ1n) is 12.8. The molecule has 3 heterocycles. The Morgan fingerprint density at radius 3 is 2.45 bits per heavy atom. The predicted molar refractivity (Wildman–Crippen MR) is 157 cm³/mol. The van der Waals surface area contributed by atoms with Gasteiger partial charge in [0.15, 0.2) is 0 Å². The molecule has 0 radical (unpaired) electrons. The minimum Gasteiger partial charge on any atom is -0.367 e. The largest absolute Gasteiger partial charge is 0.367 e. The second kappa shape index (κ2) is 12.6. The normalized spacial score (nSPS) is 17.1. The molecular weight excluding hydrogens is 554 g/mol. The van der Waals surface area contributed by atoms with Gasteiger partial charge in [0.1, 0.15) is 6.04 Å². The van der Waals surface area contributed by atoms with Crippen LogP contribution in [0.2, 0.25) is 5.02 Å². The number of anilines is 5. The summed E-state index contributed by atoms with van der Waals surface area (Å²) in [5.41, 5.74) is 4.43. The lowest BCUT2D eigenvalue weighted by molar-refractivity contribution is -0.131. The number of nitrogens with one attached hydrogen (secondary N) is 3. The van der Waals surface area contributed by atoms with Crippen molar-refractivity contribution in [3.05, 3.63) is 59.1 Å². The average molecular weight is 584 g/mol. The Hall–Kier alpha value is -3.81. The van der Waals surface area contributed by atoms with E-state index in [-0.39, 0.29) is 12.5 Å². The molecule has 0 saturated carbocycles. The highest BCUT2D eigenvalue weighted by atomic mass is 35.5. The van der Waals surface area contributed by atoms with Crippen molar-refractivity contribution in [1.29, 1.82) is 0 Å². The van der Waals surface area contributed by atoms with Gasteiger partial charge in [-0.25, -0.2) is 5.48 Å². The third-order valence-electron chi connectivity index (χ3n) is 6.75. The van der Waals surface area contributed by atoms with E-state index in [0.29, 0.717) is 42.6 Å². The van der Waals surface area contributed by atoms with Gasteiger partial charge in [-0.1, -0.05) is 41.9 Å². The maximum atomic E-state index is 12.9. The zero-order chi connectivity index (χ0) is 28.1. The molecule has 2 aliphatic heterocycles. The Kier molecular flexibility index (Phi) is 8.72. The predicted octanol–water partition coefficient (Wildman–Crippen LogP) is 2.40. The molecule has 2 aromatic carbocycles. The molecule has 210 valence electrons. The molecule has 5 rings (SSSR count). The number of piperazine rings is 1. The molecule has 1 aromatic heterocycles. The fourth-order valence-corrected chi connectivity index (χ4v) is 5.96. The smallest absolute Gasteiger partial charge is 0.262 e. The fourth-order valence-electron chi connectivity index (χ4n) is 4.55. The van der Waals surface area contributed by atoms with Crippen LogP contribution in [0.15, 0.2) is 48.5 Å². The Bertz CT molecular complexity index is 1370. The summed E-state index contributed by atoms with van der Waals surface area (Å²) in [6.45, 7) is 4.49. The van der Waals surface area contributed by atoms with E-state index in [9.17, 15) is 9.59 Å². The van der Waals surface area contributed by atoms with Crippen molar-refractivity contribution in [2.45, 2.75) is 13.0 Å². The van der Waals surface area contributed by atoms with Crippen LogP contribution in [0.5, 0.6) is 0 Å². The quantitative estimate of drug-likeness (QED) is 0.230. The molecule has 2 fully saturated rings. The van der Waals surface area contributed by atoms with Crippen molar-refractivity contribution in [3.63, 3.8) is 0 Å². The summed E-state index contributed by atoms with van der Waals surface area (Å²) in [4.78, 5) is 44.7. The van der Waals surface area contributed by atoms with Crippen LogP contribution in [0, 0.1) is 6.92 Å². The number of para-hydroxylation sites is 2. The second-order valence-electron chi connectivity index (χ2n) is 9.36. The fraction of sp³-hybridized carbons (Fsp3) is 0.346. The molecule has 0 spiro atoms. The lowest BCUT2D eigenvalue weighted by Gasteiger charge is -2.36. The standard InChI is InChI=1S/C26H30ClN9O3S/c1-17-6-2-4-8-19(17)29-24-30-25(35-12-10-34(11-13-35)20-9-5-3-7-18(20)27)32-26(31-24)36-16-40-15-21(36)23(38)28-14-22(37)33-39/h2-9,21,39H,10-16H2,1H3,(H,28,38)(H,33,37)(H,29,30,31,32)/t21-/m0/s1. The van der Waals surface area contributed by atoms with Crippen LogP contribution in [0.25, 0.3) is 0 Å². The highest BCUT2D eigenvalue weighted by Crippen LogP contribution is 2.30. The van der Waals surface area contributed by atoms with Crippen molar-refractivity contribution >= 4 is 64.4 Å². The summed E-state index contributed by atoms with van der Waals surface area (Å²) in [6, 6.07) is 15.1. The molecule has 2 saturated heterocycles. The van der Waals surface area contributed by atoms with Crippen LogP contribution in [0.4, 0.5) is 29.2 Å². The molecule has 14 heteroatoms. The molecule has 3 aromatic rings. The number of hydroxylamine groups is 1. The SMILES string of the molecule is Cc1ccccc1Nc1nc(N2CCN(c3ccccc3Cl)CC2)nc(N2CSC[C@H]2C(=O)NCC(=O)NO)n1. The number of hydrogen-bond acceptors (Lipinski definition) is 11. The van der Waals surface area contributed by atoms with Crippen molar-refractivity contribution in [1.82, 2.24) is 25.7 Å². The van der Waals surface area contributed by atoms with Crippen LogP contribution < -0.4 is 30.8 Å². The number of aromatic nitrogens is 3. The number of halogens is 1. The Balaban J connectivity index is 1.40. The summed E-state index contributed by atoms with van der Waals surface area (Å²) < 4.78 is 0. The molecular formula is C26H30ClN9O3S. The van der Waals surface area contributed by atoms with Gasteiger partial charge < -0.3 is 25.3 Å². The first kappa shape index (κ1) is 27.7. The first-order chi connectivity index (χ1) is 19.4. The van der Waals surface area contributed by atoms with E-state index in [1.54, 1.807) is 11.8 Å². The number of hydrogen-bond donors (Lipinski definition) is 4. The number of thioether (sulfide) groups is 1. The summed E-state index contributed by atoms with van der Waals surface area (Å²) >= 11 is 8.00. The summed E-state index contributed by atoms with van der Waals surface area (Å²) in [5, 5.41) is 15.3. The van der Waals surface area contributed by atoms with Gasteiger partial charge in [0.25, 0.3) is 5.91 Å². The zero-order valence-electron chi connectivity index (χ0n) is 21.9. The van der Waals surface area contributed by atoms with E-state index < -0.39 is 11.9 Å². The van der Waals surface area contributed by atoms with E-state index >= 15 is 0 Å². The minimum absolute atomic E-state index is 0.331. The third kappa shape index (κ3) is 6.32. The molecule has 2 aliphatic rings. The minimum atomic E-state index is -0.700. The van der Waals surface area contributed by atoms with E-state index in [0.717, 1.165) is 35.1 Å². The van der Waals surface area contributed by atoms with Gasteiger partial charge in [-0.3, -0.25) is 14.8 Å². The number of nitrogens with zero attached hydrogens (tertiary/aromatic N) is 6. The van der Waals surface area contributed by atoms with Crippen LogP contribution in [0.1, 0.15) is 5.56 Å². The lowest BCUT2D eigenvalue weighted by atomic mass is 10.2. The first-order valence-corrected chi connectivity index (χ1v) is 14.3. The van der Waals surface area contributed by atoms with Crippen LogP contribution >= 0.6 is 23.4 Å². The summed E-state index contributed by atoms with van der Waals surface area (Å²) in [6.07, 6.45) is 0. The summed E-state index contributed by atoms with van der Waals surface area (Å²) in [5.74, 6) is 1.20. The number of carbonyl (C=O) groups is 2. The van der Waals surface area contributed by atoms with Gasteiger partial charge in [-0.05, 0) is 30.7 Å². The number of benzene rings is 2. The average Bonchev–Trinajstić information content (AvgIpc) is 3.48. The van der Waals surface area contributed by atoms with Crippen molar-refractivity contribution < 1.29 is 14.8 Å². The third-order valence-corrected chi connectivity index (χ3v) is 8.08. The van der Waals surface area contributed by atoms with E-state index in [2.05, 4.69) is 20.4 Å². The Morgan fingerprint density at radius 1 is 1.00 bits per heavy atom. The van der Waals surface area contributed by atoms with Crippen LogP contribution in [0.3, 0.4) is 0 Å². The molecule has 40 heavy (non-hydrogen) atoms.